The number of pyridine rings is 1. The van der Waals surface area contributed by atoms with E-state index in [1.807, 2.05) is 39.9 Å². The Morgan fingerprint density at radius 3 is 2.68 bits per heavy atom. The number of hydrogen-bond acceptors (Lipinski definition) is 7. The Bertz CT molecular complexity index is 983. The van der Waals surface area contributed by atoms with Gasteiger partial charge in [-0.25, -0.2) is 4.98 Å². The molecule has 1 aromatic rings. The molecule has 0 radical (unpaired) electrons. The molecule has 9 heteroatoms. The van der Waals surface area contributed by atoms with Crippen LogP contribution in [0.15, 0.2) is 12.3 Å². The fraction of sp³-hybridized carbons (Fsp3) is 0.679. The third kappa shape index (κ3) is 8.16. The molecular weight excluding hydrogens is 470 g/mol. The smallest absolute Gasteiger partial charge is 0.259 e. The SMILES string of the molecule is C[C@H](CO)N1C[C@H](C)[C@@H](CN(C)C(=O)CCN2CCCCC2)Oc2ncc(C#CCN(C)C)cc2C1=O. The number of carbonyl (C=O) groups is 2. The van der Waals surface area contributed by atoms with Gasteiger partial charge in [-0.15, -0.1) is 0 Å². The maximum absolute atomic E-state index is 13.5. The molecule has 37 heavy (non-hydrogen) atoms. The summed E-state index contributed by atoms with van der Waals surface area (Å²) in [6.45, 7) is 7.98. The normalized spacial score (nSPS) is 21.3. The molecule has 3 atom stereocenters. The van der Waals surface area contributed by atoms with Crippen LogP contribution >= 0.6 is 0 Å². The third-order valence-corrected chi connectivity index (χ3v) is 7.12. The predicted octanol–water partition coefficient (Wildman–Crippen LogP) is 1.55. The molecule has 1 N–H and O–H groups in total. The van der Waals surface area contributed by atoms with E-state index in [9.17, 15) is 14.7 Å². The predicted molar refractivity (Wildman–Crippen MR) is 143 cm³/mol. The van der Waals surface area contributed by atoms with Crippen LogP contribution in [0, 0.1) is 17.8 Å². The molecule has 3 heterocycles. The molecule has 2 aliphatic heterocycles. The summed E-state index contributed by atoms with van der Waals surface area (Å²) >= 11 is 0. The zero-order chi connectivity index (χ0) is 26.9. The first-order valence-electron chi connectivity index (χ1n) is 13.4. The lowest BCUT2D eigenvalue weighted by molar-refractivity contribution is -0.131. The lowest BCUT2D eigenvalue weighted by Crippen LogP contribution is -2.50. The van der Waals surface area contributed by atoms with E-state index in [0.29, 0.717) is 37.2 Å². The number of fused-ring (bicyclic) bond motifs is 1. The van der Waals surface area contributed by atoms with Crippen molar-refractivity contribution in [2.45, 2.75) is 51.7 Å². The van der Waals surface area contributed by atoms with Gasteiger partial charge in [-0.2, -0.15) is 0 Å². The van der Waals surface area contributed by atoms with Crippen molar-refractivity contribution in [3.8, 4) is 17.7 Å². The van der Waals surface area contributed by atoms with Gasteiger partial charge in [-0.3, -0.25) is 14.5 Å². The van der Waals surface area contributed by atoms with E-state index in [1.165, 1.54) is 19.3 Å². The average molecular weight is 514 g/mol. The number of ether oxygens (including phenoxy) is 1. The van der Waals surface area contributed by atoms with Crippen molar-refractivity contribution in [2.24, 2.45) is 5.92 Å². The number of piperidine rings is 1. The first-order valence-corrected chi connectivity index (χ1v) is 13.4. The van der Waals surface area contributed by atoms with E-state index < -0.39 is 0 Å². The number of aliphatic hydroxyl groups excluding tert-OH is 1. The molecule has 3 rings (SSSR count). The summed E-state index contributed by atoms with van der Waals surface area (Å²) in [5.41, 5.74) is 0.956. The van der Waals surface area contributed by atoms with Crippen molar-refractivity contribution in [3.05, 3.63) is 23.4 Å². The van der Waals surface area contributed by atoms with Gasteiger partial charge >= 0.3 is 0 Å². The van der Waals surface area contributed by atoms with Gasteiger partial charge in [-0.05, 0) is 53.0 Å². The van der Waals surface area contributed by atoms with Crippen LogP contribution in [0.4, 0.5) is 0 Å². The van der Waals surface area contributed by atoms with Gasteiger partial charge in [0.15, 0.2) is 0 Å². The maximum Gasteiger partial charge on any atom is 0.259 e. The molecule has 204 valence electrons. The number of aliphatic hydroxyl groups is 1. The second kappa shape index (κ2) is 13.8. The molecule has 0 spiro atoms. The standard InChI is InChI=1S/C28H43N5O4/c1-21-18-33(22(2)20-34)28(36)24-16-23(10-9-12-30(3)4)17-29-27(24)37-25(21)19-31(5)26(35)11-15-32-13-7-6-8-14-32/h16-17,21-22,25,34H,6-8,11-15,18-20H2,1-5H3/t21-,22+,25+/m0/s1. The minimum absolute atomic E-state index is 0.0789. The molecule has 9 nitrogen and oxygen atoms in total. The molecule has 1 fully saturated rings. The summed E-state index contributed by atoms with van der Waals surface area (Å²) < 4.78 is 6.31. The number of rotatable bonds is 8. The number of nitrogens with zero attached hydrogens (tertiary/aromatic N) is 5. The van der Waals surface area contributed by atoms with Gasteiger partial charge in [0.25, 0.3) is 5.91 Å². The summed E-state index contributed by atoms with van der Waals surface area (Å²) in [7, 11) is 5.69. The monoisotopic (exact) mass is 513 g/mol. The molecule has 0 saturated carbocycles. The second-order valence-electron chi connectivity index (χ2n) is 10.7. The maximum atomic E-state index is 13.5. The summed E-state index contributed by atoms with van der Waals surface area (Å²) in [5, 5.41) is 9.85. The summed E-state index contributed by atoms with van der Waals surface area (Å²) in [5.74, 6) is 6.14. The van der Waals surface area contributed by atoms with Crippen LogP contribution in [0.1, 0.15) is 55.5 Å². The lowest BCUT2D eigenvalue weighted by Gasteiger charge is -2.37. The van der Waals surface area contributed by atoms with E-state index in [1.54, 1.807) is 22.1 Å². The van der Waals surface area contributed by atoms with E-state index in [2.05, 4.69) is 21.7 Å². The number of hydrogen-bond donors (Lipinski definition) is 1. The Balaban J connectivity index is 1.79. The van der Waals surface area contributed by atoms with Crippen molar-refractivity contribution < 1.29 is 19.4 Å². The zero-order valence-corrected chi connectivity index (χ0v) is 23.1. The number of likely N-dealkylation sites (tertiary alicyclic amines) is 1. The van der Waals surface area contributed by atoms with E-state index >= 15 is 0 Å². The highest BCUT2D eigenvalue weighted by atomic mass is 16.5. The minimum Gasteiger partial charge on any atom is -0.472 e. The fourth-order valence-electron chi connectivity index (χ4n) is 4.69. The summed E-state index contributed by atoms with van der Waals surface area (Å²) in [6.07, 6.45) is 5.42. The summed E-state index contributed by atoms with van der Waals surface area (Å²) in [4.78, 5) is 38.7. The van der Waals surface area contributed by atoms with Crippen LogP contribution in [-0.4, -0.2) is 121 Å². The molecule has 1 saturated heterocycles. The first kappa shape index (κ1) is 28.9. The lowest BCUT2D eigenvalue weighted by atomic mass is 9.99. The highest BCUT2D eigenvalue weighted by Gasteiger charge is 2.34. The molecule has 0 bridgehead atoms. The minimum atomic E-state index is -0.367. The van der Waals surface area contributed by atoms with Gasteiger partial charge < -0.3 is 24.5 Å². The van der Waals surface area contributed by atoms with Crippen LogP contribution in [0.5, 0.6) is 5.88 Å². The van der Waals surface area contributed by atoms with Gasteiger partial charge in [0.1, 0.15) is 11.7 Å². The first-order chi connectivity index (χ1) is 17.7. The van der Waals surface area contributed by atoms with Crippen molar-refractivity contribution in [2.75, 3.05) is 67.0 Å². The number of carbonyl (C=O) groups excluding carboxylic acids is 2. The van der Waals surface area contributed by atoms with Gasteiger partial charge in [-0.1, -0.05) is 25.2 Å². The molecule has 2 aliphatic rings. The number of likely N-dealkylation sites (N-methyl/N-ethyl adjacent to an activating group) is 1. The van der Waals surface area contributed by atoms with E-state index in [4.69, 9.17) is 4.74 Å². The van der Waals surface area contributed by atoms with Crippen LogP contribution < -0.4 is 4.74 Å². The highest BCUT2D eigenvalue weighted by molar-refractivity contribution is 5.97. The van der Waals surface area contributed by atoms with Crippen LogP contribution in [-0.2, 0) is 4.79 Å². The summed E-state index contributed by atoms with van der Waals surface area (Å²) in [6, 6.07) is 1.35. The van der Waals surface area contributed by atoms with Gasteiger partial charge in [0.05, 0.1) is 25.7 Å². The Morgan fingerprint density at radius 1 is 1.27 bits per heavy atom. The zero-order valence-electron chi connectivity index (χ0n) is 23.1. The Morgan fingerprint density at radius 2 is 2.00 bits per heavy atom. The van der Waals surface area contributed by atoms with Crippen molar-refractivity contribution >= 4 is 11.8 Å². The number of aromatic nitrogens is 1. The van der Waals surface area contributed by atoms with Crippen LogP contribution in [0.3, 0.4) is 0 Å². The Hall–Kier alpha value is -2.67. The highest BCUT2D eigenvalue weighted by Crippen LogP contribution is 2.27. The third-order valence-electron chi connectivity index (χ3n) is 7.12. The van der Waals surface area contributed by atoms with Gasteiger partial charge in [0, 0.05) is 44.2 Å². The average Bonchev–Trinajstić information content (AvgIpc) is 2.89. The van der Waals surface area contributed by atoms with E-state index in [0.717, 1.165) is 19.6 Å². The van der Waals surface area contributed by atoms with Crippen molar-refractivity contribution in [1.82, 2.24) is 24.6 Å². The Kier molecular flexibility index (Phi) is 10.7. The van der Waals surface area contributed by atoms with Crippen molar-refractivity contribution in [3.63, 3.8) is 0 Å². The molecule has 0 unspecified atom stereocenters. The molecular formula is C28H43N5O4. The Labute approximate surface area is 221 Å². The largest absolute Gasteiger partial charge is 0.472 e. The molecule has 0 aromatic carbocycles. The fourth-order valence-corrected chi connectivity index (χ4v) is 4.69. The van der Waals surface area contributed by atoms with E-state index in [-0.39, 0.29) is 42.4 Å². The van der Waals surface area contributed by atoms with Crippen LogP contribution in [0.25, 0.3) is 0 Å². The van der Waals surface area contributed by atoms with Crippen LogP contribution in [0.2, 0.25) is 0 Å². The molecule has 2 amide bonds. The quantitative estimate of drug-likeness (QED) is 0.528. The molecule has 0 aliphatic carbocycles. The van der Waals surface area contributed by atoms with Crippen molar-refractivity contribution in [1.29, 1.82) is 0 Å². The second-order valence-corrected chi connectivity index (χ2v) is 10.7. The number of amides is 2. The molecule has 1 aromatic heterocycles. The van der Waals surface area contributed by atoms with Gasteiger partial charge in [0.2, 0.25) is 11.8 Å². The topological polar surface area (TPSA) is 89.4 Å².